The number of aromatic amines is 2. The molecule has 0 aliphatic carbocycles. The molecule has 4 nitrogen and oxygen atoms in total. The molecule has 0 amide bonds. The Labute approximate surface area is 217 Å². The predicted octanol–water partition coefficient (Wildman–Crippen LogP) is 8.60. The molecule has 4 aromatic carbocycles. The van der Waals surface area contributed by atoms with Crippen molar-refractivity contribution in [2.45, 2.75) is 9.79 Å². The average molecular weight is 503 g/mol. The molecule has 2 heterocycles. The number of nitrogens with one attached hydrogen (secondary N) is 2. The van der Waals surface area contributed by atoms with Gasteiger partial charge in [0, 0.05) is 32.0 Å². The molecular formula is C30H22N4S2. The Hall–Kier alpha value is -4.00. The van der Waals surface area contributed by atoms with Gasteiger partial charge in [-0.2, -0.15) is 10.2 Å². The van der Waals surface area contributed by atoms with E-state index < -0.39 is 0 Å². The Morgan fingerprint density at radius 1 is 0.444 bits per heavy atom. The zero-order valence-electron chi connectivity index (χ0n) is 19.3. The summed E-state index contributed by atoms with van der Waals surface area (Å²) in [6.07, 6.45) is 0. The lowest BCUT2D eigenvalue weighted by molar-refractivity contribution is 1.09. The second-order valence-electron chi connectivity index (χ2n) is 8.22. The summed E-state index contributed by atoms with van der Waals surface area (Å²) in [6.45, 7) is 0. The van der Waals surface area contributed by atoms with Crippen LogP contribution in [0.2, 0.25) is 0 Å². The summed E-state index contributed by atoms with van der Waals surface area (Å²) in [5.74, 6) is 0. The minimum Gasteiger partial charge on any atom is -0.277 e. The topological polar surface area (TPSA) is 57.4 Å². The fourth-order valence-electron chi connectivity index (χ4n) is 4.05. The van der Waals surface area contributed by atoms with Crippen molar-refractivity contribution in [3.8, 4) is 45.0 Å². The molecule has 0 fully saturated rings. The highest BCUT2D eigenvalue weighted by Crippen LogP contribution is 2.45. The zero-order valence-corrected chi connectivity index (χ0v) is 20.9. The van der Waals surface area contributed by atoms with Crippen molar-refractivity contribution < 1.29 is 0 Å². The van der Waals surface area contributed by atoms with E-state index in [9.17, 15) is 0 Å². The van der Waals surface area contributed by atoms with Gasteiger partial charge in [-0.1, -0.05) is 119 Å². The molecule has 0 bridgehead atoms. The molecule has 0 aliphatic rings. The molecule has 0 unspecified atom stereocenters. The van der Waals surface area contributed by atoms with Crippen LogP contribution in [0.15, 0.2) is 131 Å². The molecule has 36 heavy (non-hydrogen) atoms. The van der Waals surface area contributed by atoms with Crippen molar-refractivity contribution in [2.24, 2.45) is 0 Å². The van der Waals surface area contributed by atoms with Gasteiger partial charge in [0.15, 0.2) is 0 Å². The standard InChI is InChI=1S/C30H22N4S2/c1-3-11-21(12-4-1)25-19-27(33-31-25)23-15-7-9-17-29(23)35-36-30-18-10-8-16-24(30)28-20-26(32-34-28)22-13-5-2-6-14-22/h1-20H,(H,31,33)(H,32,34). The summed E-state index contributed by atoms with van der Waals surface area (Å²) >= 11 is 0. The fourth-order valence-corrected chi connectivity index (χ4v) is 6.44. The maximum atomic E-state index is 4.55. The predicted molar refractivity (Wildman–Crippen MR) is 151 cm³/mol. The first-order valence-corrected chi connectivity index (χ1v) is 13.7. The Kier molecular flexibility index (Phi) is 6.44. The van der Waals surface area contributed by atoms with Crippen molar-refractivity contribution >= 4 is 21.6 Å². The second kappa shape index (κ2) is 10.3. The van der Waals surface area contributed by atoms with Gasteiger partial charge in [-0.05, 0) is 24.3 Å². The second-order valence-corrected chi connectivity index (χ2v) is 10.4. The first-order valence-electron chi connectivity index (χ1n) is 11.6. The van der Waals surface area contributed by atoms with Crippen molar-refractivity contribution in [1.82, 2.24) is 20.4 Å². The monoisotopic (exact) mass is 502 g/mol. The van der Waals surface area contributed by atoms with Crippen LogP contribution in [0.25, 0.3) is 45.0 Å². The van der Waals surface area contributed by atoms with Gasteiger partial charge in [0.1, 0.15) is 0 Å². The molecule has 0 radical (unpaired) electrons. The molecule has 6 aromatic rings. The van der Waals surface area contributed by atoms with Crippen LogP contribution in [0.5, 0.6) is 0 Å². The molecule has 0 spiro atoms. The average Bonchev–Trinajstić information content (AvgIpc) is 3.64. The third kappa shape index (κ3) is 4.73. The maximum Gasteiger partial charge on any atom is 0.0927 e. The first kappa shape index (κ1) is 22.5. The molecule has 2 N–H and O–H groups in total. The maximum absolute atomic E-state index is 4.55. The summed E-state index contributed by atoms with van der Waals surface area (Å²) in [6, 6.07) is 41.6. The van der Waals surface area contributed by atoms with Crippen LogP contribution in [0.3, 0.4) is 0 Å². The van der Waals surface area contributed by atoms with E-state index in [4.69, 9.17) is 0 Å². The smallest absolute Gasteiger partial charge is 0.0927 e. The normalized spacial score (nSPS) is 11.0. The van der Waals surface area contributed by atoms with E-state index in [1.54, 1.807) is 21.6 Å². The van der Waals surface area contributed by atoms with E-state index in [1.165, 1.54) is 9.79 Å². The van der Waals surface area contributed by atoms with Gasteiger partial charge < -0.3 is 0 Å². The third-order valence-electron chi connectivity index (χ3n) is 5.87. The Balaban J connectivity index is 1.25. The zero-order chi connectivity index (χ0) is 24.2. The lowest BCUT2D eigenvalue weighted by Crippen LogP contribution is -1.83. The molecule has 6 rings (SSSR count). The number of H-pyrrole nitrogens is 2. The number of nitrogens with zero attached hydrogens (tertiary/aromatic N) is 2. The summed E-state index contributed by atoms with van der Waals surface area (Å²) < 4.78 is 0. The van der Waals surface area contributed by atoms with Crippen molar-refractivity contribution in [1.29, 1.82) is 0 Å². The number of hydrogen-bond donors (Lipinski definition) is 2. The SMILES string of the molecule is c1ccc(-c2cc(-c3ccccc3SSc3ccccc3-c3cc(-c4ccccc4)n[nH]3)[nH]n2)cc1. The van der Waals surface area contributed by atoms with Gasteiger partial charge in [0.2, 0.25) is 0 Å². The van der Waals surface area contributed by atoms with Crippen LogP contribution < -0.4 is 0 Å². The van der Waals surface area contributed by atoms with E-state index in [1.807, 2.05) is 36.4 Å². The summed E-state index contributed by atoms with van der Waals surface area (Å²) in [4.78, 5) is 2.35. The highest BCUT2D eigenvalue weighted by molar-refractivity contribution is 8.76. The van der Waals surface area contributed by atoms with Gasteiger partial charge in [-0.15, -0.1) is 0 Å². The Morgan fingerprint density at radius 3 is 1.28 bits per heavy atom. The minimum atomic E-state index is 0.942. The number of aromatic nitrogens is 4. The molecule has 0 atom stereocenters. The van der Waals surface area contributed by atoms with Crippen LogP contribution in [0.4, 0.5) is 0 Å². The highest BCUT2D eigenvalue weighted by atomic mass is 33.1. The van der Waals surface area contributed by atoms with E-state index in [-0.39, 0.29) is 0 Å². The lowest BCUT2D eigenvalue weighted by Gasteiger charge is -2.09. The summed E-state index contributed by atoms with van der Waals surface area (Å²) in [5, 5.41) is 15.6. The fraction of sp³-hybridized carbons (Fsp3) is 0. The van der Waals surface area contributed by atoms with Crippen LogP contribution in [0, 0.1) is 0 Å². The van der Waals surface area contributed by atoms with E-state index in [2.05, 4.69) is 105 Å². The Morgan fingerprint density at radius 2 is 0.833 bits per heavy atom. The Bertz CT molecular complexity index is 1470. The van der Waals surface area contributed by atoms with Gasteiger partial charge in [0.05, 0.1) is 22.8 Å². The number of benzene rings is 4. The number of rotatable bonds is 7. The van der Waals surface area contributed by atoms with Crippen LogP contribution in [0.1, 0.15) is 0 Å². The first-order chi connectivity index (χ1) is 17.8. The number of hydrogen-bond acceptors (Lipinski definition) is 4. The van der Waals surface area contributed by atoms with Crippen LogP contribution in [-0.4, -0.2) is 20.4 Å². The summed E-state index contributed by atoms with van der Waals surface area (Å²) in [5.41, 5.74) is 8.36. The minimum absolute atomic E-state index is 0.942. The van der Waals surface area contributed by atoms with Crippen molar-refractivity contribution in [3.63, 3.8) is 0 Å². The van der Waals surface area contributed by atoms with Gasteiger partial charge in [0.25, 0.3) is 0 Å². The molecule has 2 aromatic heterocycles. The molecule has 174 valence electrons. The molecule has 6 heteroatoms. The van der Waals surface area contributed by atoms with Crippen LogP contribution in [-0.2, 0) is 0 Å². The van der Waals surface area contributed by atoms with E-state index in [0.717, 1.165) is 45.0 Å². The largest absolute Gasteiger partial charge is 0.277 e. The molecule has 0 saturated heterocycles. The third-order valence-corrected chi connectivity index (χ3v) is 8.35. The summed E-state index contributed by atoms with van der Waals surface area (Å²) in [7, 11) is 3.49. The molecule has 0 aliphatic heterocycles. The highest BCUT2D eigenvalue weighted by Gasteiger charge is 2.14. The van der Waals surface area contributed by atoms with Crippen molar-refractivity contribution in [3.05, 3.63) is 121 Å². The van der Waals surface area contributed by atoms with Gasteiger partial charge >= 0.3 is 0 Å². The quantitative estimate of drug-likeness (QED) is 0.215. The van der Waals surface area contributed by atoms with E-state index in [0.29, 0.717) is 0 Å². The van der Waals surface area contributed by atoms with Gasteiger partial charge in [-0.25, -0.2) is 0 Å². The van der Waals surface area contributed by atoms with Crippen molar-refractivity contribution in [2.75, 3.05) is 0 Å². The molecule has 0 saturated carbocycles. The van der Waals surface area contributed by atoms with Gasteiger partial charge in [-0.3, -0.25) is 10.2 Å². The van der Waals surface area contributed by atoms with E-state index >= 15 is 0 Å². The lowest BCUT2D eigenvalue weighted by atomic mass is 10.1. The molecular weight excluding hydrogens is 480 g/mol. The van der Waals surface area contributed by atoms with Crippen LogP contribution >= 0.6 is 21.6 Å².